The van der Waals surface area contributed by atoms with Crippen LogP contribution in [0, 0.1) is 11.3 Å². The van der Waals surface area contributed by atoms with Crippen LogP contribution in [0.3, 0.4) is 0 Å². The number of nitrogens with zero attached hydrogens (tertiary/aromatic N) is 2. The molecule has 4 heteroatoms. The highest BCUT2D eigenvalue weighted by atomic mass is 35.5. The Bertz CT molecular complexity index is 425. The molecular weight excluding hydrogens is 222 g/mol. The van der Waals surface area contributed by atoms with Gasteiger partial charge in [0, 0.05) is 24.8 Å². The van der Waals surface area contributed by atoms with Gasteiger partial charge >= 0.3 is 0 Å². The molecule has 16 heavy (non-hydrogen) atoms. The second-order valence-electron chi connectivity index (χ2n) is 4.12. The lowest BCUT2D eigenvalue weighted by molar-refractivity contribution is 0.506. The molecule has 0 spiro atoms. The fourth-order valence-electron chi connectivity index (χ4n) is 2.04. The minimum atomic E-state index is 0.239. The third kappa shape index (κ3) is 2.29. The van der Waals surface area contributed by atoms with Crippen molar-refractivity contribution in [1.29, 1.82) is 5.26 Å². The maximum absolute atomic E-state index is 8.79. The van der Waals surface area contributed by atoms with Gasteiger partial charge in [-0.05, 0) is 31.0 Å². The molecule has 1 aliphatic rings. The number of piperidine rings is 1. The molecule has 0 aromatic heterocycles. The summed E-state index contributed by atoms with van der Waals surface area (Å²) in [5.41, 5.74) is 7.50. The molecule has 1 fully saturated rings. The monoisotopic (exact) mass is 235 g/mol. The van der Waals surface area contributed by atoms with E-state index in [1.165, 1.54) is 0 Å². The van der Waals surface area contributed by atoms with Crippen LogP contribution in [0.4, 0.5) is 5.69 Å². The summed E-state index contributed by atoms with van der Waals surface area (Å²) in [5, 5.41) is 9.31. The standard InChI is InChI=1S/C12H14ClN3/c13-12-6-11(4-3-9(12)7-14)16-5-1-2-10(15)8-16/h3-4,6,10H,1-2,5,8,15H2. The van der Waals surface area contributed by atoms with Crippen molar-refractivity contribution >= 4 is 17.3 Å². The maximum Gasteiger partial charge on any atom is 0.101 e. The molecular formula is C12H14ClN3. The Morgan fingerprint density at radius 1 is 1.50 bits per heavy atom. The Balaban J connectivity index is 2.21. The van der Waals surface area contributed by atoms with Crippen LogP contribution in [0.25, 0.3) is 0 Å². The minimum absolute atomic E-state index is 0.239. The molecule has 0 amide bonds. The third-order valence-corrected chi connectivity index (χ3v) is 3.21. The zero-order valence-electron chi connectivity index (χ0n) is 8.99. The summed E-state index contributed by atoms with van der Waals surface area (Å²) in [4.78, 5) is 2.22. The van der Waals surface area contributed by atoms with Crippen molar-refractivity contribution in [1.82, 2.24) is 0 Å². The van der Waals surface area contributed by atoms with E-state index in [-0.39, 0.29) is 6.04 Å². The van der Waals surface area contributed by atoms with Crippen molar-refractivity contribution in [3.63, 3.8) is 0 Å². The van der Waals surface area contributed by atoms with Gasteiger partial charge in [0.2, 0.25) is 0 Å². The van der Waals surface area contributed by atoms with Gasteiger partial charge in [0.1, 0.15) is 6.07 Å². The SMILES string of the molecule is N#Cc1ccc(N2CCCC(N)C2)cc1Cl. The summed E-state index contributed by atoms with van der Waals surface area (Å²) in [5.74, 6) is 0. The van der Waals surface area contributed by atoms with Gasteiger partial charge in [0.05, 0.1) is 10.6 Å². The molecule has 0 aliphatic carbocycles. The summed E-state index contributed by atoms with van der Waals surface area (Å²) in [7, 11) is 0. The maximum atomic E-state index is 8.79. The minimum Gasteiger partial charge on any atom is -0.370 e. The van der Waals surface area contributed by atoms with E-state index in [9.17, 15) is 0 Å². The van der Waals surface area contributed by atoms with E-state index < -0.39 is 0 Å². The molecule has 2 rings (SSSR count). The number of halogens is 1. The van der Waals surface area contributed by atoms with Gasteiger partial charge in [-0.25, -0.2) is 0 Å². The summed E-state index contributed by atoms with van der Waals surface area (Å²) in [6.45, 7) is 1.87. The Hall–Kier alpha value is -1.24. The number of hydrogen-bond donors (Lipinski definition) is 1. The molecule has 1 aromatic rings. The Kier molecular flexibility index (Phi) is 3.33. The normalized spacial score (nSPS) is 20.6. The van der Waals surface area contributed by atoms with Gasteiger partial charge in [-0.1, -0.05) is 11.6 Å². The van der Waals surface area contributed by atoms with Crippen molar-refractivity contribution in [2.75, 3.05) is 18.0 Å². The number of rotatable bonds is 1. The second kappa shape index (κ2) is 4.73. The van der Waals surface area contributed by atoms with Gasteiger partial charge in [0.15, 0.2) is 0 Å². The number of nitriles is 1. The average molecular weight is 236 g/mol. The molecule has 2 N–H and O–H groups in total. The number of benzene rings is 1. The van der Waals surface area contributed by atoms with Crippen LogP contribution >= 0.6 is 11.6 Å². The molecule has 1 unspecified atom stereocenters. The van der Waals surface area contributed by atoms with E-state index in [4.69, 9.17) is 22.6 Å². The van der Waals surface area contributed by atoms with Gasteiger partial charge in [-0.2, -0.15) is 5.26 Å². The van der Waals surface area contributed by atoms with E-state index in [2.05, 4.69) is 11.0 Å². The van der Waals surface area contributed by atoms with E-state index in [1.54, 1.807) is 6.07 Å². The first-order chi connectivity index (χ1) is 7.70. The molecule has 0 radical (unpaired) electrons. The summed E-state index contributed by atoms with van der Waals surface area (Å²) in [6, 6.07) is 7.84. The van der Waals surface area contributed by atoms with Crippen molar-refractivity contribution in [2.45, 2.75) is 18.9 Å². The summed E-state index contributed by atoms with van der Waals surface area (Å²) < 4.78 is 0. The second-order valence-corrected chi connectivity index (χ2v) is 4.53. The number of anilines is 1. The lowest BCUT2D eigenvalue weighted by Crippen LogP contribution is -2.42. The van der Waals surface area contributed by atoms with Crippen LogP contribution in [0.5, 0.6) is 0 Å². The van der Waals surface area contributed by atoms with Crippen LogP contribution in [-0.4, -0.2) is 19.1 Å². The predicted octanol–water partition coefficient (Wildman–Crippen LogP) is 2.14. The Labute approximate surface area is 100 Å². The predicted molar refractivity (Wildman–Crippen MR) is 65.6 cm³/mol. The van der Waals surface area contributed by atoms with Crippen LogP contribution < -0.4 is 10.6 Å². The van der Waals surface area contributed by atoms with Crippen molar-refractivity contribution in [2.24, 2.45) is 5.73 Å². The zero-order chi connectivity index (χ0) is 11.5. The zero-order valence-corrected chi connectivity index (χ0v) is 9.74. The van der Waals surface area contributed by atoms with Crippen LogP contribution in [0.1, 0.15) is 18.4 Å². The smallest absolute Gasteiger partial charge is 0.101 e. The van der Waals surface area contributed by atoms with E-state index in [0.29, 0.717) is 10.6 Å². The lowest BCUT2D eigenvalue weighted by Gasteiger charge is -2.32. The van der Waals surface area contributed by atoms with Crippen molar-refractivity contribution in [3.8, 4) is 6.07 Å². The molecule has 0 bridgehead atoms. The third-order valence-electron chi connectivity index (χ3n) is 2.90. The first-order valence-corrected chi connectivity index (χ1v) is 5.78. The van der Waals surface area contributed by atoms with E-state index in [0.717, 1.165) is 31.6 Å². The summed E-state index contributed by atoms with van der Waals surface area (Å²) >= 11 is 6.00. The Morgan fingerprint density at radius 2 is 2.31 bits per heavy atom. The summed E-state index contributed by atoms with van der Waals surface area (Å²) in [6.07, 6.45) is 2.19. The quantitative estimate of drug-likeness (QED) is 0.812. The topological polar surface area (TPSA) is 53.0 Å². The molecule has 1 aliphatic heterocycles. The van der Waals surface area contributed by atoms with Crippen LogP contribution in [0.15, 0.2) is 18.2 Å². The molecule has 0 saturated carbocycles. The van der Waals surface area contributed by atoms with Gasteiger partial charge < -0.3 is 10.6 Å². The number of hydrogen-bond acceptors (Lipinski definition) is 3. The lowest BCUT2D eigenvalue weighted by atomic mass is 10.1. The fraction of sp³-hybridized carbons (Fsp3) is 0.417. The van der Waals surface area contributed by atoms with Crippen molar-refractivity contribution in [3.05, 3.63) is 28.8 Å². The van der Waals surface area contributed by atoms with Gasteiger partial charge in [0.25, 0.3) is 0 Å². The average Bonchev–Trinajstić information content (AvgIpc) is 2.29. The van der Waals surface area contributed by atoms with Crippen molar-refractivity contribution < 1.29 is 0 Å². The van der Waals surface area contributed by atoms with Crippen LogP contribution in [0.2, 0.25) is 5.02 Å². The number of nitrogens with two attached hydrogens (primary N) is 1. The molecule has 1 heterocycles. The fourth-order valence-corrected chi connectivity index (χ4v) is 2.25. The van der Waals surface area contributed by atoms with Gasteiger partial charge in [-0.3, -0.25) is 0 Å². The highest BCUT2D eigenvalue weighted by Gasteiger charge is 2.17. The highest BCUT2D eigenvalue weighted by molar-refractivity contribution is 6.32. The van der Waals surface area contributed by atoms with E-state index in [1.807, 2.05) is 12.1 Å². The highest BCUT2D eigenvalue weighted by Crippen LogP contribution is 2.25. The van der Waals surface area contributed by atoms with Gasteiger partial charge in [-0.15, -0.1) is 0 Å². The first-order valence-electron chi connectivity index (χ1n) is 5.41. The molecule has 84 valence electrons. The first kappa shape index (κ1) is 11.3. The van der Waals surface area contributed by atoms with Crippen LogP contribution in [-0.2, 0) is 0 Å². The molecule has 1 aromatic carbocycles. The van der Waals surface area contributed by atoms with E-state index >= 15 is 0 Å². The molecule has 1 saturated heterocycles. The molecule has 3 nitrogen and oxygen atoms in total. The largest absolute Gasteiger partial charge is 0.370 e. The molecule has 1 atom stereocenters. The Morgan fingerprint density at radius 3 is 2.94 bits per heavy atom.